The van der Waals surface area contributed by atoms with E-state index in [0.717, 1.165) is 49.7 Å². The van der Waals surface area contributed by atoms with Crippen LogP contribution in [0.2, 0.25) is 0 Å². The van der Waals surface area contributed by atoms with Crippen molar-refractivity contribution in [1.29, 1.82) is 0 Å². The fourth-order valence-electron chi connectivity index (χ4n) is 3.62. The summed E-state index contributed by atoms with van der Waals surface area (Å²) in [6.07, 6.45) is 2.38. The van der Waals surface area contributed by atoms with Crippen LogP contribution in [-0.4, -0.2) is 65.9 Å². The Kier molecular flexibility index (Phi) is 6.57. The summed E-state index contributed by atoms with van der Waals surface area (Å²) in [7, 11) is 3.92. The molecular weight excluding hydrogens is 357 g/mol. The molecule has 0 spiro atoms. The Balaban J connectivity index is 1.73. The first-order chi connectivity index (χ1) is 13.4. The van der Waals surface area contributed by atoms with E-state index in [9.17, 15) is 9.18 Å². The number of hydrogen-bond acceptors (Lipinski definition) is 5. The van der Waals surface area contributed by atoms with Gasteiger partial charge in [0.25, 0.3) is 0 Å². The maximum Gasteiger partial charge on any atom is 0.219 e. The van der Waals surface area contributed by atoms with Crippen molar-refractivity contribution in [2.75, 3.05) is 45.2 Å². The van der Waals surface area contributed by atoms with Gasteiger partial charge in [0, 0.05) is 65.5 Å². The van der Waals surface area contributed by atoms with Gasteiger partial charge in [0.1, 0.15) is 18.0 Å². The van der Waals surface area contributed by atoms with Crippen LogP contribution in [0.1, 0.15) is 18.2 Å². The molecule has 0 N–H and O–H groups in total. The highest BCUT2D eigenvalue weighted by Crippen LogP contribution is 2.18. The van der Waals surface area contributed by atoms with E-state index in [4.69, 9.17) is 0 Å². The molecule has 150 valence electrons. The first-order valence-electron chi connectivity index (χ1n) is 9.61. The summed E-state index contributed by atoms with van der Waals surface area (Å²) in [5.74, 6) is 1.04. The SMILES string of the molecule is CC(=O)N1CCN(Cc2ccc(F)cc2)C[C@H](Cc2cc(N(C)C)ncn2)C1. The third kappa shape index (κ3) is 5.48. The molecule has 1 atom stereocenters. The molecule has 1 amide bonds. The molecule has 1 aromatic heterocycles. The second kappa shape index (κ2) is 9.10. The lowest BCUT2D eigenvalue weighted by atomic mass is 10.0. The minimum absolute atomic E-state index is 0.102. The number of hydrogen-bond donors (Lipinski definition) is 0. The van der Waals surface area contributed by atoms with Crippen molar-refractivity contribution in [2.24, 2.45) is 5.92 Å². The zero-order valence-electron chi connectivity index (χ0n) is 16.8. The van der Waals surface area contributed by atoms with Crippen LogP contribution in [0, 0.1) is 11.7 Å². The van der Waals surface area contributed by atoms with E-state index in [1.165, 1.54) is 12.1 Å². The Hall–Kier alpha value is -2.54. The average molecular weight is 385 g/mol. The second-order valence-electron chi connectivity index (χ2n) is 7.66. The molecule has 0 aliphatic carbocycles. The predicted octanol–water partition coefficient (Wildman–Crippen LogP) is 2.20. The highest BCUT2D eigenvalue weighted by atomic mass is 19.1. The molecule has 7 heteroatoms. The van der Waals surface area contributed by atoms with Crippen LogP contribution >= 0.6 is 0 Å². The van der Waals surface area contributed by atoms with Crippen molar-refractivity contribution < 1.29 is 9.18 Å². The number of anilines is 1. The summed E-state index contributed by atoms with van der Waals surface area (Å²) in [6, 6.07) is 8.65. The standard InChI is InChI=1S/C21H28FN5O/c1-16(28)27-9-8-26(12-17-4-6-19(22)7-5-17)13-18(14-27)10-20-11-21(25(2)3)24-15-23-20/h4-7,11,15,18H,8-10,12-14H2,1-3H3/t18-/m0/s1. The molecule has 1 fully saturated rings. The van der Waals surface area contributed by atoms with E-state index < -0.39 is 0 Å². The van der Waals surface area contributed by atoms with E-state index in [1.54, 1.807) is 13.3 Å². The summed E-state index contributed by atoms with van der Waals surface area (Å²) >= 11 is 0. The van der Waals surface area contributed by atoms with Crippen LogP contribution in [0.3, 0.4) is 0 Å². The summed E-state index contributed by atoms with van der Waals surface area (Å²) in [6.45, 7) is 5.47. The Morgan fingerprint density at radius 3 is 2.61 bits per heavy atom. The molecule has 0 saturated carbocycles. The third-order valence-corrected chi connectivity index (χ3v) is 5.11. The number of aromatic nitrogens is 2. The van der Waals surface area contributed by atoms with Crippen molar-refractivity contribution in [2.45, 2.75) is 19.9 Å². The Bertz CT molecular complexity index is 796. The van der Waals surface area contributed by atoms with E-state index in [2.05, 4.69) is 14.9 Å². The van der Waals surface area contributed by atoms with Crippen molar-refractivity contribution >= 4 is 11.7 Å². The second-order valence-corrected chi connectivity index (χ2v) is 7.66. The zero-order chi connectivity index (χ0) is 20.1. The first kappa shape index (κ1) is 20.2. The Morgan fingerprint density at radius 1 is 1.18 bits per heavy atom. The van der Waals surface area contributed by atoms with Gasteiger partial charge in [-0.15, -0.1) is 0 Å². The monoisotopic (exact) mass is 385 g/mol. The largest absolute Gasteiger partial charge is 0.363 e. The van der Waals surface area contributed by atoms with Gasteiger partial charge in [0.05, 0.1) is 0 Å². The van der Waals surface area contributed by atoms with Gasteiger partial charge in [-0.1, -0.05) is 12.1 Å². The molecular formula is C21H28FN5O. The molecule has 28 heavy (non-hydrogen) atoms. The first-order valence-corrected chi connectivity index (χ1v) is 9.61. The number of amides is 1. The van der Waals surface area contributed by atoms with E-state index in [1.807, 2.05) is 42.1 Å². The number of halogens is 1. The van der Waals surface area contributed by atoms with Gasteiger partial charge in [-0.05, 0) is 30.0 Å². The molecule has 2 heterocycles. The number of rotatable bonds is 5. The average Bonchev–Trinajstić information content (AvgIpc) is 2.86. The van der Waals surface area contributed by atoms with Crippen LogP contribution < -0.4 is 4.90 Å². The van der Waals surface area contributed by atoms with E-state index >= 15 is 0 Å². The van der Waals surface area contributed by atoms with Crippen LogP contribution in [0.5, 0.6) is 0 Å². The summed E-state index contributed by atoms with van der Waals surface area (Å²) in [5.41, 5.74) is 2.06. The van der Waals surface area contributed by atoms with E-state index in [-0.39, 0.29) is 17.6 Å². The lowest BCUT2D eigenvalue weighted by molar-refractivity contribution is -0.129. The molecule has 6 nitrogen and oxygen atoms in total. The number of benzene rings is 1. The quantitative estimate of drug-likeness (QED) is 0.790. The summed E-state index contributed by atoms with van der Waals surface area (Å²) in [5, 5.41) is 0. The van der Waals surface area contributed by atoms with Gasteiger partial charge in [-0.25, -0.2) is 14.4 Å². The van der Waals surface area contributed by atoms with Crippen LogP contribution in [-0.2, 0) is 17.8 Å². The Morgan fingerprint density at radius 2 is 1.93 bits per heavy atom. The summed E-state index contributed by atoms with van der Waals surface area (Å²) < 4.78 is 13.2. The lowest BCUT2D eigenvalue weighted by Gasteiger charge is -2.24. The molecule has 2 aromatic rings. The maximum atomic E-state index is 13.2. The van der Waals surface area contributed by atoms with Gasteiger partial charge >= 0.3 is 0 Å². The number of carbonyl (C=O) groups is 1. The smallest absolute Gasteiger partial charge is 0.219 e. The van der Waals surface area contributed by atoms with Crippen molar-refractivity contribution in [1.82, 2.24) is 19.8 Å². The molecule has 0 radical (unpaired) electrons. The minimum atomic E-state index is -0.222. The molecule has 1 aliphatic heterocycles. The fraction of sp³-hybridized carbons (Fsp3) is 0.476. The van der Waals surface area contributed by atoms with Gasteiger partial charge in [0.2, 0.25) is 5.91 Å². The molecule has 0 unspecified atom stereocenters. The van der Waals surface area contributed by atoms with Crippen LogP contribution in [0.4, 0.5) is 10.2 Å². The van der Waals surface area contributed by atoms with Crippen molar-refractivity contribution in [3.63, 3.8) is 0 Å². The fourth-order valence-corrected chi connectivity index (χ4v) is 3.62. The van der Waals surface area contributed by atoms with Crippen molar-refractivity contribution in [3.8, 4) is 0 Å². The number of nitrogens with zero attached hydrogens (tertiary/aromatic N) is 5. The molecule has 1 aromatic carbocycles. The molecule has 1 saturated heterocycles. The highest BCUT2D eigenvalue weighted by molar-refractivity contribution is 5.73. The normalized spacial score (nSPS) is 18.0. The summed E-state index contributed by atoms with van der Waals surface area (Å²) in [4.78, 5) is 27.0. The molecule has 3 rings (SSSR count). The minimum Gasteiger partial charge on any atom is -0.363 e. The highest BCUT2D eigenvalue weighted by Gasteiger charge is 2.25. The van der Waals surface area contributed by atoms with Crippen molar-refractivity contribution in [3.05, 3.63) is 53.7 Å². The predicted molar refractivity (Wildman–Crippen MR) is 107 cm³/mol. The Labute approximate surface area is 166 Å². The molecule has 1 aliphatic rings. The van der Waals surface area contributed by atoms with Gasteiger partial charge < -0.3 is 9.80 Å². The van der Waals surface area contributed by atoms with Crippen LogP contribution in [0.15, 0.2) is 36.7 Å². The lowest BCUT2D eigenvalue weighted by Crippen LogP contribution is -2.34. The maximum absolute atomic E-state index is 13.2. The molecule has 0 bridgehead atoms. The zero-order valence-corrected chi connectivity index (χ0v) is 16.8. The third-order valence-electron chi connectivity index (χ3n) is 5.11. The van der Waals surface area contributed by atoms with Gasteiger partial charge in [-0.2, -0.15) is 0 Å². The number of carbonyl (C=O) groups excluding carboxylic acids is 1. The van der Waals surface area contributed by atoms with E-state index in [0.29, 0.717) is 6.54 Å². The van der Waals surface area contributed by atoms with Gasteiger partial charge in [-0.3, -0.25) is 9.69 Å². The van der Waals surface area contributed by atoms with Gasteiger partial charge in [0.15, 0.2) is 0 Å². The topological polar surface area (TPSA) is 52.6 Å². The van der Waals surface area contributed by atoms with Crippen LogP contribution in [0.25, 0.3) is 0 Å².